The van der Waals surface area contributed by atoms with Gasteiger partial charge in [0.05, 0.1) is 0 Å². The highest BCUT2D eigenvalue weighted by Crippen LogP contribution is 2.45. The average molecular weight is 743 g/mol. The van der Waals surface area contributed by atoms with Crippen LogP contribution < -0.4 is 0 Å². The van der Waals surface area contributed by atoms with Gasteiger partial charge in [0.15, 0.2) is 0 Å². The second-order valence-corrected chi connectivity index (χ2v) is 25.8. The number of hydrogen-bond acceptors (Lipinski definition) is 12. The lowest BCUT2D eigenvalue weighted by atomic mass is 9.99. The summed E-state index contributed by atoms with van der Waals surface area (Å²) in [5.41, 5.74) is 6.36. The number of benzene rings is 1. The molecule has 0 nitrogen and oxygen atoms in total. The van der Waals surface area contributed by atoms with E-state index in [2.05, 4.69) is 61.4 Å². The summed E-state index contributed by atoms with van der Waals surface area (Å²) in [4.78, 5) is 0. The minimum absolute atomic E-state index is 1.11. The van der Waals surface area contributed by atoms with E-state index >= 15 is 0 Å². The van der Waals surface area contributed by atoms with E-state index in [1.54, 1.807) is 22.3 Å². The quantitative estimate of drug-likeness (QED) is 0.0593. The summed E-state index contributed by atoms with van der Waals surface area (Å²) in [5, 5.41) is 0. The fraction of sp³-hybridized carbons (Fsp3) is 0.769. The van der Waals surface area contributed by atoms with Crippen molar-refractivity contribution in [3.63, 3.8) is 0 Å². The topological polar surface area (TPSA) is 0 Å². The van der Waals surface area contributed by atoms with Crippen LogP contribution in [0.2, 0.25) is 0 Å². The number of unbranched alkanes of at least 4 members (excludes halogenated alkanes) is 4. The first-order valence-corrected chi connectivity index (χ1v) is 28.8. The fourth-order valence-corrected chi connectivity index (χ4v) is 18.7. The van der Waals surface area contributed by atoms with Gasteiger partial charge in [-0.25, -0.2) is 0 Å². The molecule has 0 aromatic heterocycles. The maximum Gasteiger partial charge on any atom is 0.0303 e. The van der Waals surface area contributed by atoms with Crippen molar-refractivity contribution in [2.45, 2.75) is 102 Å². The lowest BCUT2D eigenvalue weighted by molar-refractivity contribution is 0.898. The average Bonchev–Trinajstić information content (AvgIpc) is 2.93. The second-order valence-electron chi connectivity index (χ2n) is 8.36. The molecule has 38 heavy (non-hydrogen) atoms. The van der Waals surface area contributed by atoms with Gasteiger partial charge in [-0.1, -0.05) is 152 Å². The molecule has 0 radical (unpaired) electrons. The Labute approximate surface area is 281 Å². The van der Waals surface area contributed by atoms with Crippen molar-refractivity contribution in [2.24, 2.45) is 0 Å². The summed E-state index contributed by atoms with van der Waals surface area (Å²) in [6.45, 7) is 9.13. The molecule has 0 bridgehead atoms. The van der Waals surface area contributed by atoms with Crippen molar-refractivity contribution in [3.8, 4) is 0 Å². The van der Waals surface area contributed by atoms with Crippen molar-refractivity contribution in [1.29, 1.82) is 0 Å². The first kappa shape index (κ1) is 39.4. The molecule has 0 N–H and O–H groups in total. The minimum atomic E-state index is 1.11. The molecule has 0 saturated carbocycles. The van der Waals surface area contributed by atoms with Gasteiger partial charge >= 0.3 is 0 Å². The predicted octanol–water partition coefficient (Wildman–Crippen LogP) is 15.0. The first-order chi connectivity index (χ1) is 18.8. The monoisotopic (exact) mass is 742 g/mol. The highest BCUT2D eigenvalue weighted by molar-refractivity contribution is 9.10. The van der Waals surface area contributed by atoms with E-state index in [1.165, 1.54) is 74.4 Å². The zero-order chi connectivity index (χ0) is 27.5. The fourth-order valence-electron chi connectivity index (χ4n) is 2.85. The smallest absolute Gasteiger partial charge is 0.0303 e. The van der Waals surface area contributed by atoms with Crippen molar-refractivity contribution in [3.05, 3.63) is 34.4 Å². The van der Waals surface area contributed by atoms with Crippen molar-refractivity contribution in [1.82, 2.24) is 0 Å². The molecule has 12 heteroatoms. The third kappa shape index (κ3) is 21.2. The van der Waals surface area contributed by atoms with E-state index in [1.807, 2.05) is 104 Å². The zero-order valence-electron chi connectivity index (χ0n) is 23.4. The Morgan fingerprint density at radius 1 is 0.395 bits per heavy atom. The summed E-state index contributed by atoms with van der Waals surface area (Å²) < 4.78 is 0. The molecule has 0 fully saturated rings. The molecule has 1 aromatic carbocycles. The summed E-state index contributed by atoms with van der Waals surface area (Å²) >= 11 is 0. The van der Waals surface area contributed by atoms with E-state index in [-0.39, 0.29) is 0 Å². The molecule has 1 rings (SSSR count). The highest BCUT2D eigenvalue weighted by Gasteiger charge is 2.15. The summed E-state index contributed by atoms with van der Waals surface area (Å²) in [6, 6.07) is 4.91. The first-order valence-electron chi connectivity index (χ1n) is 13.5. The van der Waals surface area contributed by atoms with Gasteiger partial charge in [0.2, 0.25) is 0 Å². The van der Waals surface area contributed by atoms with Gasteiger partial charge in [-0.3, -0.25) is 0 Å². The molecular weight excluding hydrogens is 697 g/mol. The third-order valence-corrected chi connectivity index (χ3v) is 22.1. The van der Waals surface area contributed by atoms with Crippen LogP contribution in [0.3, 0.4) is 0 Å². The van der Waals surface area contributed by atoms with E-state index in [4.69, 9.17) is 0 Å². The molecule has 0 spiro atoms. The molecule has 0 aliphatic carbocycles. The van der Waals surface area contributed by atoms with Crippen molar-refractivity contribution in [2.75, 3.05) is 23.0 Å². The van der Waals surface area contributed by atoms with Crippen LogP contribution in [0, 0.1) is 0 Å². The summed E-state index contributed by atoms with van der Waals surface area (Å²) in [6.07, 6.45) is 10.4. The predicted molar refractivity (Wildman–Crippen MR) is 211 cm³/mol. The van der Waals surface area contributed by atoms with Crippen LogP contribution >= 0.6 is 126 Å². The molecule has 0 amide bonds. The molecule has 0 aliphatic heterocycles. The maximum atomic E-state index is 2.46. The lowest BCUT2D eigenvalue weighted by Crippen LogP contribution is -2.01. The third-order valence-electron chi connectivity index (χ3n) is 5.17. The van der Waals surface area contributed by atoms with Crippen LogP contribution in [0.4, 0.5) is 0 Å². The van der Waals surface area contributed by atoms with Crippen LogP contribution in [0.1, 0.15) is 101 Å². The Morgan fingerprint density at radius 3 is 0.974 bits per heavy atom. The standard InChI is InChI=1S/C26H46S12/c1-5-9-15-27-35-31-19-23-13-14-24(20-32-36-28-16-10-6-2)26(22-34-38-30-18-12-8-4)25(23)21-33-37-29-17-11-7-3/h13-14H,5-12,15-22H2,1-4H3. The molecular formula is C26H46S12. The molecule has 0 atom stereocenters. The van der Waals surface area contributed by atoms with Crippen molar-refractivity contribution < 1.29 is 0 Å². The summed E-state index contributed by atoms with van der Waals surface area (Å²) in [7, 11) is 24.3. The molecule has 0 aliphatic rings. The van der Waals surface area contributed by atoms with Crippen LogP contribution in [-0.2, 0) is 23.0 Å². The lowest BCUT2D eigenvalue weighted by Gasteiger charge is -2.18. The molecule has 1 aromatic rings. The summed E-state index contributed by atoms with van der Waals surface area (Å²) in [5.74, 6) is 9.52. The minimum Gasteiger partial charge on any atom is -0.0826 e. The van der Waals surface area contributed by atoms with E-state index in [0.717, 1.165) is 23.0 Å². The zero-order valence-corrected chi connectivity index (χ0v) is 33.2. The Kier molecular flexibility index (Phi) is 31.6. The van der Waals surface area contributed by atoms with Gasteiger partial charge in [-0.2, -0.15) is 0 Å². The van der Waals surface area contributed by atoms with E-state index < -0.39 is 0 Å². The van der Waals surface area contributed by atoms with Gasteiger partial charge in [-0.05, 0) is 87.2 Å². The van der Waals surface area contributed by atoms with E-state index in [0.29, 0.717) is 0 Å². The Balaban J connectivity index is 2.91. The van der Waals surface area contributed by atoms with Gasteiger partial charge in [0, 0.05) is 46.0 Å². The normalized spacial score (nSPS) is 11.5. The van der Waals surface area contributed by atoms with Gasteiger partial charge < -0.3 is 0 Å². The molecule has 0 heterocycles. The second kappa shape index (κ2) is 30.4. The largest absolute Gasteiger partial charge is 0.0826 e. The SMILES string of the molecule is CCCCSSSCc1ccc(CSSSCCCC)c(CSSSCCCC)c1CSSSCCCC. The van der Waals surface area contributed by atoms with Crippen LogP contribution in [0.25, 0.3) is 0 Å². The molecule has 222 valence electrons. The van der Waals surface area contributed by atoms with E-state index in [9.17, 15) is 0 Å². The van der Waals surface area contributed by atoms with Crippen LogP contribution in [0.5, 0.6) is 0 Å². The maximum absolute atomic E-state index is 2.46. The highest BCUT2D eigenvalue weighted by atomic mass is 33.5. The van der Waals surface area contributed by atoms with Crippen LogP contribution in [-0.4, -0.2) is 23.0 Å². The van der Waals surface area contributed by atoms with Crippen LogP contribution in [0.15, 0.2) is 12.1 Å². The van der Waals surface area contributed by atoms with Gasteiger partial charge in [0.1, 0.15) is 0 Å². The Bertz CT molecular complexity index is 606. The van der Waals surface area contributed by atoms with Crippen molar-refractivity contribution >= 4 is 126 Å². The molecule has 0 unspecified atom stereocenters. The van der Waals surface area contributed by atoms with Gasteiger partial charge in [-0.15, -0.1) is 0 Å². The Hall–Kier alpha value is 3.42. The van der Waals surface area contributed by atoms with Gasteiger partial charge in [0.25, 0.3) is 0 Å². The molecule has 0 saturated heterocycles. The number of hydrogen-bond donors (Lipinski definition) is 0. The Morgan fingerprint density at radius 2 is 0.684 bits per heavy atom. The number of rotatable bonds is 28.